The van der Waals surface area contributed by atoms with Gasteiger partial charge in [0.15, 0.2) is 0 Å². The second kappa shape index (κ2) is 7.03. The summed E-state index contributed by atoms with van der Waals surface area (Å²) in [4.78, 5) is 2.55. The maximum absolute atomic E-state index is 5.67. The lowest BCUT2D eigenvalue weighted by atomic mass is 9.93. The molecule has 0 aromatic rings. The maximum Gasteiger partial charge on any atom is 0.0712 e. The summed E-state index contributed by atoms with van der Waals surface area (Å²) in [7, 11) is 0. The van der Waals surface area contributed by atoms with Crippen LogP contribution in [0.1, 0.15) is 47.0 Å². The number of hydrogen-bond donors (Lipinski definition) is 1. The molecule has 98 valence electrons. The van der Waals surface area contributed by atoms with Crippen LogP contribution in [0.5, 0.6) is 0 Å². The van der Waals surface area contributed by atoms with Gasteiger partial charge in [0.1, 0.15) is 0 Å². The fraction of sp³-hybridized carbons (Fsp3) is 0.867. The summed E-state index contributed by atoms with van der Waals surface area (Å²) in [5.41, 5.74) is 0. The zero-order valence-electron chi connectivity index (χ0n) is 11.9. The van der Waals surface area contributed by atoms with E-state index in [0.717, 1.165) is 25.4 Å². The average molecular weight is 236 g/mol. The lowest BCUT2D eigenvalue weighted by Crippen LogP contribution is -2.60. The lowest BCUT2D eigenvalue weighted by molar-refractivity contribution is 0.0834. The molecule has 2 heteroatoms. The summed E-state index contributed by atoms with van der Waals surface area (Å²) in [5.74, 6) is 3.69. The van der Waals surface area contributed by atoms with Gasteiger partial charge in [-0.25, -0.2) is 0 Å². The smallest absolute Gasteiger partial charge is 0.0712 e. The first-order valence-electron chi connectivity index (χ1n) is 7.13. The molecule has 0 spiro atoms. The van der Waals surface area contributed by atoms with Gasteiger partial charge in [-0.1, -0.05) is 40.0 Å². The molecule has 1 N–H and O–H groups in total. The van der Waals surface area contributed by atoms with Gasteiger partial charge in [0, 0.05) is 25.2 Å². The Morgan fingerprint density at radius 3 is 2.53 bits per heavy atom. The average Bonchev–Trinajstić information content (AvgIpc) is 2.39. The minimum atomic E-state index is 0.314. The Kier molecular flexibility index (Phi) is 6.02. The Hall–Kier alpha value is -0.520. The monoisotopic (exact) mass is 236 g/mol. The molecule has 0 bridgehead atoms. The van der Waals surface area contributed by atoms with Crippen molar-refractivity contribution in [3.8, 4) is 12.3 Å². The number of piperazine rings is 1. The molecular formula is C15H28N2. The zero-order valence-corrected chi connectivity index (χ0v) is 11.9. The molecule has 0 aromatic carbocycles. The summed E-state index contributed by atoms with van der Waals surface area (Å²) in [5, 5.41) is 3.69. The highest BCUT2D eigenvalue weighted by molar-refractivity contribution is 5.03. The third kappa shape index (κ3) is 3.47. The van der Waals surface area contributed by atoms with Crippen molar-refractivity contribution in [1.29, 1.82) is 0 Å². The second-order valence-corrected chi connectivity index (χ2v) is 5.25. The molecule has 0 aromatic heterocycles. The van der Waals surface area contributed by atoms with Gasteiger partial charge >= 0.3 is 0 Å². The summed E-state index contributed by atoms with van der Waals surface area (Å²) in [6.07, 6.45) is 9.14. The third-order valence-electron chi connectivity index (χ3n) is 4.27. The van der Waals surface area contributed by atoms with Crippen LogP contribution >= 0.6 is 0 Å². The number of rotatable bonds is 5. The van der Waals surface area contributed by atoms with Crippen LogP contribution in [0.3, 0.4) is 0 Å². The Balaban J connectivity index is 2.71. The molecule has 0 aliphatic carbocycles. The van der Waals surface area contributed by atoms with Crippen LogP contribution in [0.15, 0.2) is 0 Å². The molecule has 0 amide bonds. The molecule has 1 saturated heterocycles. The molecule has 0 saturated carbocycles. The van der Waals surface area contributed by atoms with Crippen LogP contribution in [-0.2, 0) is 0 Å². The molecule has 4 atom stereocenters. The molecule has 1 aliphatic heterocycles. The lowest BCUT2D eigenvalue weighted by Gasteiger charge is -2.44. The number of nitrogens with one attached hydrogen (secondary N) is 1. The summed E-state index contributed by atoms with van der Waals surface area (Å²) >= 11 is 0. The van der Waals surface area contributed by atoms with Crippen LogP contribution < -0.4 is 5.32 Å². The predicted octanol–water partition coefficient (Wildman–Crippen LogP) is 2.50. The van der Waals surface area contributed by atoms with E-state index >= 15 is 0 Å². The van der Waals surface area contributed by atoms with E-state index in [9.17, 15) is 0 Å². The van der Waals surface area contributed by atoms with Crippen molar-refractivity contribution in [3.05, 3.63) is 0 Å². The van der Waals surface area contributed by atoms with E-state index in [1.54, 1.807) is 0 Å². The number of terminal acetylenes is 1. The van der Waals surface area contributed by atoms with Crippen molar-refractivity contribution >= 4 is 0 Å². The second-order valence-electron chi connectivity index (χ2n) is 5.25. The molecule has 4 unspecified atom stereocenters. The van der Waals surface area contributed by atoms with Crippen molar-refractivity contribution in [3.63, 3.8) is 0 Å². The normalized spacial score (nSPS) is 29.6. The first-order valence-corrected chi connectivity index (χ1v) is 7.13. The highest BCUT2D eigenvalue weighted by atomic mass is 15.3. The fourth-order valence-electron chi connectivity index (χ4n) is 2.72. The minimum absolute atomic E-state index is 0.314. The quantitative estimate of drug-likeness (QED) is 0.738. The molecule has 1 fully saturated rings. The van der Waals surface area contributed by atoms with Gasteiger partial charge in [0.05, 0.1) is 6.04 Å². The van der Waals surface area contributed by atoms with Crippen molar-refractivity contribution < 1.29 is 0 Å². The van der Waals surface area contributed by atoms with E-state index in [0.29, 0.717) is 18.1 Å². The van der Waals surface area contributed by atoms with Crippen LogP contribution in [0.2, 0.25) is 0 Å². The highest BCUT2D eigenvalue weighted by Gasteiger charge is 2.32. The van der Waals surface area contributed by atoms with Crippen LogP contribution in [0.25, 0.3) is 0 Å². The summed E-state index contributed by atoms with van der Waals surface area (Å²) in [6, 6.07) is 1.52. The third-order valence-corrected chi connectivity index (χ3v) is 4.27. The van der Waals surface area contributed by atoms with Crippen LogP contribution in [0, 0.1) is 18.3 Å². The maximum atomic E-state index is 5.67. The van der Waals surface area contributed by atoms with E-state index in [4.69, 9.17) is 6.42 Å². The first kappa shape index (κ1) is 14.5. The van der Waals surface area contributed by atoms with E-state index in [1.807, 2.05) is 0 Å². The molecule has 1 rings (SSSR count). The molecule has 2 nitrogen and oxygen atoms in total. The van der Waals surface area contributed by atoms with Gasteiger partial charge in [-0.15, -0.1) is 6.42 Å². The van der Waals surface area contributed by atoms with Crippen molar-refractivity contribution in [2.75, 3.05) is 13.1 Å². The molecular weight excluding hydrogens is 208 g/mol. The van der Waals surface area contributed by atoms with Gasteiger partial charge in [0.25, 0.3) is 0 Å². The van der Waals surface area contributed by atoms with Crippen molar-refractivity contribution in [2.24, 2.45) is 5.92 Å². The fourth-order valence-corrected chi connectivity index (χ4v) is 2.72. The predicted molar refractivity (Wildman–Crippen MR) is 74.9 cm³/mol. The molecule has 0 radical (unpaired) electrons. The van der Waals surface area contributed by atoms with E-state index in [1.165, 1.54) is 12.8 Å². The number of nitrogens with zero attached hydrogens (tertiary/aromatic N) is 1. The first-order chi connectivity index (χ1) is 8.17. The van der Waals surface area contributed by atoms with E-state index < -0.39 is 0 Å². The van der Waals surface area contributed by atoms with Crippen LogP contribution in [-0.4, -0.2) is 36.1 Å². The Morgan fingerprint density at radius 1 is 1.35 bits per heavy atom. The molecule has 17 heavy (non-hydrogen) atoms. The van der Waals surface area contributed by atoms with Crippen molar-refractivity contribution in [2.45, 2.75) is 65.1 Å². The van der Waals surface area contributed by atoms with Gasteiger partial charge < -0.3 is 5.32 Å². The van der Waals surface area contributed by atoms with Gasteiger partial charge in [-0.2, -0.15) is 0 Å². The SMILES string of the molecule is C#CC(CC)N1CC(C(C)CC)NCC1CC. The Morgan fingerprint density at radius 2 is 2.06 bits per heavy atom. The van der Waals surface area contributed by atoms with Gasteiger partial charge in [0.2, 0.25) is 0 Å². The standard InChI is InChI=1S/C15H28N2/c1-6-12(5)15-11-17(13(7-2)8-3)14(9-4)10-16-15/h2,12-16H,6,8-11H2,1,3-5H3. The Labute approximate surface area is 107 Å². The molecule has 1 aliphatic rings. The highest BCUT2D eigenvalue weighted by Crippen LogP contribution is 2.20. The zero-order chi connectivity index (χ0) is 12.8. The molecule has 1 heterocycles. The Bertz CT molecular complexity index is 256. The minimum Gasteiger partial charge on any atom is -0.311 e. The van der Waals surface area contributed by atoms with Crippen molar-refractivity contribution in [1.82, 2.24) is 10.2 Å². The largest absolute Gasteiger partial charge is 0.311 e. The topological polar surface area (TPSA) is 15.3 Å². The number of hydrogen-bond acceptors (Lipinski definition) is 2. The summed E-state index contributed by atoms with van der Waals surface area (Å²) < 4.78 is 0. The van der Waals surface area contributed by atoms with E-state index in [-0.39, 0.29) is 0 Å². The van der Waals surface area contributed by atoms with Gasteiger partial charge in [-0.05, 0) is 18.8 Å². The van der Waals surface area contributed by atoms with E-state index in [2.05, 4.69) is 43.8 Å². The van der Waals surface area contributed by atoms with Gasteiger partial charge in [-0.3, -0.25) is 4.90 Å². The van der Waals surface area contributed by atoms with Crippen LogP contribution in [0.4, 0.5) is 0 Å². The summed E-state index contributed by atoms with van der Waals surface area (Å²) in [6.45, 7) is 11.2.